The summed E-state index contributed by atoms with van der Waals surface area (Å²) >= 11 is 0. The highest BCUT2D eigenvalue weighted by Gasteiger charge is 2.79. The predicted molar refractivity (Wildman–Crippen MR) is 132 cm³/mol. The number of rotatable bonds is 10. The third-order valence-corrected chi connectivity index (χ3v) is 8.13. The van der Waals surface area contributed by atoms with Gasteiger partial charge in [0.25, 0.3) is 0 Å². The van der Waals surface area contributed by atoms with E-state index in [2.05, 4.69) is 6.58 Å². The van der Waals surface area contributed by atoms with E-state index in [1.807, 2.05) is 41.5 Å². The van der Waals surface area contributed by atoms with Crippen LogP contribution in [0.25, 0.3) is 0 Å². The van der Waals surface area contributed by atoms with Gasteiger partial charge in [-0.15, -0.1) is 6.58 Å². The lowest BCUT2D eigenvalue weighted by atomic mass is 9.65. The van der Waals surface area contributed by atoms with Gasteiger partial charge in [0.1, 0.15) is 17.6 Å². The van der Waals surface area contributed by atoms with Crippen LogP contribution in [-0.2, 0) is 23.9 Å². The molecule has 35 heavy (non-hydrogen) atoms. The maximum atomic E-state index is 14.4. The number of esters is 1. The molecule has 3 aliphatic rings. The molecule has 6 atom stereocenters. The first-order chi connectivity index (χ1) is 16.3. The number of hydrogen-bond donors (Lipinski definition) is 1. The zero-order valence-corrected chi connectivity index (χ0v) is 22.5. The van der Waals surface area contributed by atoms with Gasteiger partial charge in [-0.25, -0.2) is 0 Å². The lowest BCUT2D eigenvalue weighted by molar-refractivity contribution is -0.164. The number of likely N-dealkylation sites (tertiary alicyclic amines) is 1. The molecule has 2 unspecified atom stereocenters. The summed E-state index contributed by atoms with van der Waals surface area (Å²) in [6.07, 6.45) is 3.85. The van der Waals surface area contributed by atoms with Gasteiger partial charge in [-0.2, -0.15) is 0 Å². The Morgan fingerprint density at radius 3 is 2.46 bits per heavy atom. The third-order valence-electron chi connectivity index (χ3n) is 8.13. The Morgan fingerprint density at radius 1 is 1.31 bits per heavy atom. The second-order valence-corrected chi connectivity index (χ2v) is 11.7. The van der Waals surface area contributed by atoms with Crippen LogP contribution in [0.5, 0.6) is 0 Å². The number of carbonyl (C=O) groups is 3. The van der Waals surface area contributed by atoms with E-state index in [9.17, 15) is 19.5 Å². The average molecular weight is 493 g/mol. The Hall–Kier alpha value is -1.93. The Balaban J connectivity index is 2.20. The second-order valence-electron chi connectivity index (χ2n) is 11.7. The molecular formula is C27H44N2O6. The smallest absolute Gasteiger partial charge is 0.312 e. The number of ether oxygens (including phenoxy) is 2. The monoisotopic (exact) mass is 492 g/mol. The average Bonchev–Trinajstić information content (AvgIpc) is 3.38. The molecule has 0 aromatic carbocycles. The summed E-state index contributed by atoms with van der Waals surface area (Å²) in [4.78, 5) is 45.1. The number of aliphatic hydroxyl groups is 1. The number of nitrogens with zero attached hydrogens (tertiary/aromatic N) is 2. The van der Waals surface area contributed by atoms with E-state index in [1.165, 1.54) is 0 Å². The van der Waals surface area contributed by atoms with Crippen molar-refractivity contribution in [3.05, 3.63) is 12.7 Å². The van der Waals surface area contributed by atoms with Gasteiger partial charge in [-0.05, 0) is 59.3 Å². The van der Waals surface area contributed by atoms with Crippen molar-refractivity contribution in [3.8, 4) is 0 Å². The minimum Gasteiger partial charge on any atom is -0.466 e. The highest BCUT2D eigenvalue weighted by atomic mass is 16.6. The van der Waals surface area contributed by atoms with Crippen molar-refractivity contribution in [1.29, 1.82) is 0 Å². The molecule has 3 heterocycles. The van der Waals surface area contributed by atoms with Crippen LogP contribution in [0, 0.1) is 17.8 Å². The molecule has 0 saturated carbocycles. The lowest BCUT2D eigenvalue weighted by Gasteiger charge is -2.43. The molecule has 3 rings (SSSR count). The Kier molecular flexibility index (Phi) is 7.78. The van der Waals surface area contributed by atoms with Crippen molar-refractivity contribution in [2.24, 2.45) is 17.8 Å². The van der Waals surface area contributed by atoms with E-state index in [4.69, 9.17) is 9.47 Å². The molecule has 1 spiro atoms. The van der Waals surface area contributed by atoms with Gasteiger partial charge in [0.05, 0.1) is 30.8 Å². The summed E-state index contributed by atoms with van der Waals surface area (Å²) < 4.78 is 12.2. The van der Waals surface area contributed by atoms with E-state index in [1.54, 1.807) is 22.8 Å². The van der Waals surface area contributed by atoms with Gasteiger partial charge in [0.15, 0.2) is 0 Å². The Labute approximate surface area is 210 Å². The fourth-order valence-electron chi connectivity index (χ4n) is 6.71. The zero-order chi connectivity index (χ0) is 26.3. The SMILES string of the molecule is C=CCN(C(=O)C1N([C@@H](CO)CC(C)C)C(=O)[C@@H]2[C@H](C(=O)OCC)[C@]3(CC)CCC12O3)C(C)(C)C. The van der Waals surface area contributed by atoms with Gasteiger partial charge in [-0.1, -0.05) is 26.8 Å². The molecule has 0 aliphatic carbocycles. The summed E-state index contributed by atoms with van der Waals surface area (Å²) in [7, 11) is 0. The predicted octanol–water partition coefficient (Wildman–Crippen LogP) is 2.92. The minimum absolute atomic E-state index is 0.195. The van der Waals surface area contributed by atoms with Crippen molar-refractivity contribution in [2.45, 2.75) is 103 Å². The molecule has 2 amide bonds. The molecule has 3 saturated heterocycles. The standard InChI is InChI=1S/C27H44N2O6/c1-9-14-28(25(6,7)8)23(32)21-27-13-12-26(10-2,35-27)20(24(33)34-11-3)19(27)22(31)29(21)18(16-30)15-17(4)5/h9,17-21,30H,1,10-16H2,2-8H3/t18-,19+,20-,21?,26+,27?/m1/s1. The van der Waals surface area contributed by atoms with Gasteiger partial charge in [0.2, 0.25) is 11.8 Å². The van der Waals surface area contributed by atoms with E-state index < -0.39 is 46.6 Å². The highest BCUT2D eigenvalue weighted by molar-refractivity contribution is 5.99. The first-order valence-corrected chi connectivity index (χ1v) is 13.1. The summed E-state index contributed by atoms with van der Waals surface area (Å²) in [6.45, 7) is 17.7. The second kappa shape index (κ2) is 9.85. The van der Waals surface area contributed by atoms with Crippen molar-refractivity contribution in [2.75, 3.05) is 19.8 Å². The molecule has 1 N–H and O–H groups in total. The first-order valence-electron chi connectivity index (χ1n) is 13.1. The highest BCUT2D eigenvalue weighted by Crippen LogP contribution is 2.65. The quantitative estimate of drug-likeness (QED) is 0.372. The van der Waals surface area contributed by atoms with Gasteiger partial charge in [-0.3, -0.25) is 14.4 Å². The third kappa shape index (κ3) is 4.31. The van der Waals surface area contributed by atoms with Gasteiger partial charge in [0, 0.05) is 12.1 Å². The summed E-state index contributed by atoms with van der Waals surface area (Å²) in [6, 6.07) is -1.48. The Bertz CT molecular complexity index is 851. The fourth-order valence-corrected chi connectivity index (χ4v) is 6.71. The van der Waals surface area contributed by atoms with Crippen molar-refractivity contribution < 1.29 is 29.0 Å². The van der Waals surface area contributed by atoms with Crippen LogP contribution >= 0.6 is 0 Å². The maximum absolute atomic E-state index is 14.4. The van der Waals surface area contributed by atoms with Crippen LogP contribution in [-0.4, -0.2) is 81.3 Å². The molecule has 198 valence electrons. The number of hydrogen-bond acceptors (Lipinski definition) is 6. The maximum Gasteiger partial charge on any atom is 0.312 e. The number of aliphatic hydroxyl groups excluding tert-OH is 1. The molecule has 8 heteroatoms. The Morgan fingerprint density at radius 2 is 1.97 bits per heavy atom. The van der Waals surface area contributed by atoms with Gasteiger partial charge < -0.3 is 24.4 Å². The van der Waals surface area contributed by atoms with Crippen molar-refractivity contribution >= 4 is 17.8 Å². The molecule has 3 aliphatic heterocycles. The lowest BCUT2D eigenvalue weighted by Crippen LogP contribution is -2.61. The summed E-state index contributed by atoms with van der Waals surface area (Å²) in [5.41, 5.74) is -2.48. The first kappa shape index (κ1) is 27.7. The van der Waals surface area contributed by atoms with Crippen LogP contribution in [0.4, 0.5) is 0 Å². The summed E-state index contributed by atoms with van der Waals surface area (Å²) in [5, 5.41) is 10.4. The minimum atomic E-state index is -1.13. The summed E-state index contributed by atoms with van der Waals surface area (Å²) in [5.74, 6) is -2.34. The number of carbonyl (C=O) groups excluding carboxylic acids is 3. The van der Waals surface area contributed by atoms with Crippen LogP contribution in [0.3, 0.4) is 0 Å². The van der Waals surface area contributed by atoms with Crippen LogP contribution in [0.1, 0.15) is 74.1 Å². The largest absolute Gasteiger partial charge is 0.466 e. The van der Waals surface area contributed by atoms with E-state index in [-0.39, 0.29) is 30.9 Å². The van der Waals surface area contributed by atoms with E-state index >= 15 is 0 Å². The number of fused-ring (bicyclic) bond motifs is 1. The van der Waals surface area contributed by atoms with Crippen LogP contribution in [0.2, 0.25) is 0 Å². The fraction of sp³-hybridized carbons (Fsp3) is 0.815. The van der Waals surface area contributed by atoms with E-state index in [0.29, 0.717) is 32.2 Å². The molecule has 3 fully saturated rings. The molecule has 0 aromatic rings. The van der Waals surface area contributed by atoms with Crippen molar-refractivity contribution in [3.63, 3.8) is 0 Å². The molecule has 0 aromatic heterocycles. The van der Waals surface area contributed by atoms with Crippen molar-refractivity contribution in [1.82, 2.24) is 9.80 Å². The van der Waals surface area contributed by atoms with E-state index in [0.717, 1.165) is 0 Å². The topological polar surface area (TPSA) is 96.4 Å². The van der Waals surface area contributed by atoms with Gasteiger partial charge >= 0.3 is 5.97 Å². The van der Waals surface area contributed by atoms with Crippen LogP contribution < -0.4 is 0 Å². The molecule has 2 bridgehead atoms. The normalized spacial score (nSPS) is 32.7. The molecule has 0 radical (unpaired) electrons. The molecular weight excluding hydrogens is 448 g/mol. The van der Waals surface area contributed by atoms with Crippen LogP contribution in [0.15, 0.2) is 12.7 Å². The zero-order valence-electron chi connectivity index (χ0n) is 22.5. The number of amides is 2. The molecule has 8 nitrogen and oxygen atoms in total.